The van der Waals surface area contributed by atoms with E-state index in [1.807, 2.05) is 0 Å². The number of carbonyl (C=O) groups is 5. The minimum atomic E-state index is -2.32. The second-order valence-electron chi connectivity index (χ2n) is 7.26. The number of oxime groups is 1. The van der Waals surface area contributed by atoms with Crippen LogP contribution in [0, 0.1) is 5.92 Å². The Kier molecular flexibility index (Phi) is 6.05. The predicted octanol–water partition coefficient (Wildman–Crippen LogP) is -2.06. The molecule has 0 unspecified atom stereocenters. The van der Waals surface area contributed by atoms with Crippen molar-refractivity contribution in [3.8, 4) is 0 Å². The summed E-state index contributed by atoms with van der Waals surface area (Å²) in [5, 5.41) is 22.8. The van der Waals surface area contributed by atoms with Crippen molar-refractivity contribution in [2.45, 2.75) is 23.6 Å². The first-order valence-corrected chi connectivity index (χ1v) is 11.9. The van der Waals surface area contributed by atoms with E-state index < -0.39 is 76.3 Å². The Morgan fingerprint density at radius 2 is 2.15 bits per heavy atom. The third-order valence-corrected chi connectivity index (χ3v) is 8.09. The zero-order chi connectivity index (χ0) is 24.9. The molecule has 3 saturated heterocycles. The largest absolute Gasteiger partial charge is 0.615 e. The van der Waals surface area contributed by atoms with E-state index in [-0.39, 0.29) is 27.3 Å². The van der Waals surface area contributed by atoms with Gasteiger partial charge in [0, 0.05) is 0 Å². The number of amides is 2. The maximum atomic E-state index is 12.9. The molecule has 0 radical (unpaired) electrons. The van der Waals surface area contributed by atoms with E-state index in [0.29, 0.717) is 4.90 Å². The van der Waals surface area contributed by atoms with Gasteiger partial charge in [-0.05, 0) is 11.2 Å². The van der Waals surface area contributed by atoms with Crippen LogP contribution in [0.25, 0.3) is 0 Å². The van der Waals surface area contributed by atoms with Gasteiger partial charge in [0.25, 0.3) is 17.5 Å². The molecule has 4 heterocycles. The first kappa shape index (κ1) is 24.0. The van der Waals surface area contributed by atoms with E-state index in [0.717, 1.165) is 11.3 Å². The van der Waals surface area contributed by atoms with Gasteiger partial charge in [0.2, 0.25) is 12.0 Å². The Morgan fingerprint density at radius 3 is 2.74 bits per heavy atom. The lowest BCUT2D eigenvalue weighted by Gasteiger charge is -2.55. The molecule has 34 heavy (non-hydrogen) atoms. The zero-order valence-corrected chi connectivity index (χ0v) is 19.0. The summed E-state index contributed by atoms with van der Waals surface area (Å²) in [6.45, 7) is -0.912. The lowest BCUT2D eigenvalue weighted by molar-refractivity contribution is -0.216. The van der Waals surface area contributed by atoms with Gasteiger partial charge in [0.1, 0.15) is 15.8 Å². The van der Waals surface area contributed by atoms with Gasteiger partial charge < -0.3 is 35.4 Å². The standard InChI is InChI=1S/C16H14ClN5O10S2/c17-10-7(20-15(18)33-10)8(21-31-2-5(23)24)11(26)19-9-12(27)22-13(9)34(30)3-4-1-6(25)32-16(4,22)14(28)29/h4,9,13H,1-3H2,(H2,18,20)(H,19,26)(H,23,24)(H,28,29)/b21-8-/t4-,9+,13+,16+,34+/m0/s1. The molecule has 3 aliphatic heterocycles. The van der Waals surface area contributed by atoms with Crippen molar-refractivity contribution < 1.29 is 48.3 Å². The molecule has 0 aromatic carbocycles. The van der Waals surface area contributed by atoms with Crippen LogP contribution in [0.1, 0.15) is 12.1 Å². The normalized spacial score (nSPS) is 30.1. The number of rotatable bonds is 7. The second kappa shape index (κ2) is 8.57. The Balaban J connectivity index is 1.60. The Labute approximate surface area is 201 Å². The molecule has 5 atom stereocenters. The number of hydrogen-bond acceptors (Lipinski definition) is 12. The summed E-state index contributed by atoms with van der Waals surface area (Å²) in [6, 6.07) is -1.47. The highest BCUT2D eigenvalue weighted by Gasteiger charge is 2.76. The van der Waals surface area contributed by atoms with Crippen LogP contribution in [0.2, 0.25) is 4.34 Å². The maximum Gasteiger partial charge on any atom is 0.371 e. The number of carbonyl (C=O) groups excluding carboxylic acids is 3. The fourth-order valence-electron chi connectivity index (χ4n) is 3.91. The number of carboxylic acids is 2. The summed E-state index contributed by atoms with van der Waals surface area (Å²) >= 11 is 4.95. The number of anilines is 1. The Morgan fingerprint density at radius 1 is 1.44 bits per heavy atom. The molecule has 4 rings (SSSR count). The summed E-state index contributed by atoms with van der Waals surface area (Å²) in [4.78, 5) is 69.5. The number of halogens is 1. The average molecular weight is 536 g/mol. The van der Waals surface area contributed by atoms with Crippen LogP contribution in [0.4, 0.5) is 5.13 Å². The van der Waals surface area contributed by atoms with Crippen molar-refractivity contribution in [3.63, 3.8) is 0 Å². The molecule has 15 nitrogen and oxygen atoms in total. The van der Waals surface area contributed by atoms with Gasteiger partial charge in [-0.25, -0.2) is 19.5 Å². The van der Waals surface area contributed by atoms with Crippen molar-refractivity contribution in [1.29, 1.82) is 0 Å². The summed E-state index contributed by atoms with van der Waals surface area (Å²) in [5.41, 5.74) is 2.37. The van der Waals surface area contributed by atoms with Gasteiger partial charge in [-0.15, -0.1) is 0 Å². The van der Waals surface area contributed by atoms with E-state index in [9.17, 15) is 33.6 Å². The van der Waals surface area contributed by atoms with Crippen LogP contribution >= 0.6 is 22.9 Å². The third kappa shape index (κ3) is 3.69. The van der Waals surface area contributed by atoms with Crippen LogP contribution < -0.4 is 11.1 Å². The maximum absolute atomic E-state index is 12.9. The van der Waals surface area contributed by atoms with Crippen LogP contribution in [0.15, 0.2) is 5.16 Å². The summed E-state index contributed by atoms with van der Waals surface area (Å²) in [5.74, 6) is -7.19. The quantitative estimate of drug-likeness (QED) is 0.0969. The van der Waals surface area contributed by atoms with Gasteiger partial charge >= 0.3 is 17.9 Å². The smallest absolute Gasteiger partial charge is 0.371 e. The molecule has 3 fully saturated rings. The fraction of sp³-hybridized carbons (Fsp3) is 0.438. The SMILES string of the molecule is Nc1nc(/C(=N/OCC(=O)O)C(=O)N[C@@H]2C(=O)N3[C@@H]2[S@+]([O-])C[C@@H]2CC(=O)O[C@@]23C(=O)O)c(Cl)s1. The average Bonchev–Trinajstić information content (AvgIpc) is 3.25. The highest BCUT2D eigenvalue weighted by atomic mass is 35.5. The van der Waals surface area contributed by atoms with Crippen molar-refractivity contribution in [2.24, 2.45) is 11.1 Å². The molecule has 2 amide bonds. The zero-order valence-electron chi connectivity index (χ0n) is 16.6. The van der Waals surface area contributed by atoms with Gasteiger partial charge in [-0.3, -0.25) is 14.4 Å². The molecule has 3 aliphatic rings. The topological polar surface area (TPSA) is 234 Å². The van der Waals surface area contributed by atoms with Crippen molar-refractivity contribution in [1.82, 2.24) is 15.2 Å². The summed E-state index contributed by atoms with van der Waals surface area (Å²) in [6.07, 6.45) is -0.326. The summed E-state index contributed by atoms with van der Waals surface area (Å²) in [7, 11) is 0. The molecule has 18 heteroatoms. The predicted molar refractivity (Wildman–Crippen MR) is 112 cm³/mol. The monoisotopic (exact) mass is 535 g/mol. The molecule has 0 spiro atoms. The summed E-state index contributed by atoms with van der Waals surface area (Å²) < 4.78 is 17.7. The number of aliphatic carboxylic acids is 2. The Hall–Kier alpha value is -3.15. The number of nitrogens with zero attached hydrogens (tertiary/aromatic N) is 3. The third-order valence-electron chi connectivity index (χ3n) is 5.25. The van der Waals surface area contributed by atoms with Gasteiger partial charge in [-0.2, -0.15) is 0 Å². The Bertz CT molecular complexity index is 1140. The number of nitrogens with one attached hydrogen (secondary N) is 1. The number of hydrogen-bond donors (Lipinski definition) is 4. The lowest BCUT2D eigenvalue weighted by Crippen LogP contribution is -2.84. The second-order valence-corrected chi connectivity index (χ2v) is 10.5. The molecule has 182 valence electrons. The minimum Gasteiger partial charge on any atom is -0.615 e. The van der Waals surface area contributed by atoms with Crippen molar-refractivity contribution in [2.75, 3.05) is 18.1 Å². The van der Waals surface area contributed by atoms with Gasteiger partial charge in [0.05, 0.1) is 12.3 Å². The number of esters is 1. The number of ether oxygens (including phenoxy) is 1. The molecule has 0 saturated carbocycles. The van der Waals surface area contributed by atoms with E-state index in [4.69, 9.17) is 27.2 Å². The first-order chi connectivity index (χ1) is 16.0. The van der Waals surface area contributed by atoms with Gasteiger partial charge in [0.15, 0.2) is 16.9 Å². The van der Waals surface area contributed by atoms with Crippen LogP contribution in [-0.2, 0) is 44.7 Å². The van der Waals surface area contributed by atoms with E-state index >= 15 is 0 Å². The number of thiazole rings is 1. The van der Waals surface area contributed by atoms with Crippen molar-refractivity contribution in [3.05, 3.63) is 10.0 Å². The van der Waals surface area contributed by atoms with Crippen molar-refractivity contribution >= 4 is 74.7 Å². The molecule has 1 aromatic heterocycles. The minimum absolute atomic E-state index is 0.0458. The number of nitrogen functional groups attached to an aromatic ring is 1. The molecular weight excluding hydrogens is 522 g/mol. The number of aromatic nitrogens is 1. The molecular formula is C16H14ClN5O10S2. The van der Waals surface area contributed by atoms with E-state index in [1.165, 1.54) is 0 Å². The highest BCUT2D eigenvalue weighted by Crippen LogP contribution is 2.48. The number of fused-ring (bicyclic) bond motifs is 3. The fourth-order valence-corrected chi connectivity index (χ4v) is 6.76. The number of carboxylic acid groups (broad SMARTS) is 2. The molecule has 0 bridgehead atoms. The molecule has 1 aromatic rings. The lowest BCUT2D eigenvalue weighted by atomic mass is 9.89. The molecule has 5 N–H and O–H groups in total. The van der Waals surface area contributed by atoms with Crippen LogP contribution in [-0.4, -0.2) is 89.6 Å². The van der Waals surface area contributed by atoms with E-state index in [1.54, 1.807) is 0 Å². The highest BCUT2D eigenvalue weighted by molar-refractivity contribution is 7.92. The van der Waals surface area contributed by atoms with E-state index in [2.05, 4.69) is 20.3 Å². The number of β-lactam (4-membered cyclic amide) rings is 1. The van der Waals surface area contributed by atoms with Crippen LogP contribution in [0.3, 0.4) is 0 Å². The van der Waals surface area contributed by atoms with Crippen LogP contribution in [0.5, 0.6) is 0 Å². The molecule has 0 aliphatic carbocycles. The number of nitrogens with two attached hydrogens (primary N) is 1. The first-order valence-electron chi connectivity index (χ1n) is 9.27. The van der Waals surface area contributed by atoms with Gasteiger partial charge in [-0.1, -0.05) is 28.1 Å².